The third kappa shape index (κ3) is 4.99. The molecule has 0 spiro atoms. The zero-order valence-corrected chi connectivity index (χ0v) is 21.2. The van der Waals surface area contributed by atoms with Gasteiger partial charge in [0.2, 0.25) is 0 Å². The Morgan fingerprint density at radius 3 is 2.47 bits per heavy atom. The number of imidazole rings is 1. The van der Waals surface area contributed by atoms with Gasteiger partial charge in [-0.3, -0.25) is 4.79 Å². The maximum absolute atomic E-state index is 12.9. The molecule has 8 heteroatoms. The van der Waals surface area contributed by atoms with Gasteiger partial charge in [0.05, 0.1) is 12.3 Å². The minimum atomic E-state index is -0.460. The molecule has 0 saturated heterocycles. The van der Waals surface area contributed by atoms with Gasteiger partial charge in [0.15, 0.2) is 10.4 Å². The van der Waals surface area contributed by atoms with Crippen molar-refractivity contribution in [1.29, 1.82) is 0 Å². The highest BCUT2D eigenvalue weighted by Crippen LogP contribution is 2.36. The first-order valence-electron chi connectivity index (χ1n) is 10.5. The van der Waals surface area contributed by atoms with Crippen LogP contribution in [0.3, 0.4) is 0 Å². The van der Waals surface area contributed by atoms with E-state index in [0.717, 1.165) is 16.8 Å². The van der Waals surface area contributed by atoms with Gasteiger partial charge in [-0.15, -0.1) is 0 Å². The maximum atomic E-state index is 12.9. The molecule has 0 fully saturated rings. The van der Waals surface area contributed by atoms with E-state index in [4.69, 9.17) is 16.3 Å². The van der Waals surface area contributed by atoms with Gasteiger partial charge >= 0.3 is 5.97 Å². The van der Waals surface area contributed by atoms with Crippen LogP contribution < -0.4 is 5.56 Å². The van der Waals surface area contributed by atoms with Crippen LogP contribution in [0, 0.1) is 6.92 Å². The Morgan fingerprint density at radius 1 is 1.25 bits per heavy atom. The van der Waals surface area contributed by atoms with Crippen molar-refractivity contribution in [3.63, 3.8) is 0 Å². The topological polar surface area (TPSA) is 66.1 Å². The maximum Gasteiger partial charge on any atom is 0.358 e. The van der Waals surface area contributed by atoms with Crippen molar-refractivity contribution >= 4 is 33.5 Å². The average molecular weight is 521 g/mol. The molecule has 3 aromatic rings. The van der Waals surface area contributed by atoms with Crippen LogP contribution in [-0.2, 0) is 18.2 Å². The predicted octanol–water partition coefficient (Wildman–Crippen LogP) is 5.44. The smallest absolute Gasteiger partial charge is 0.358 e. The van der Waals surface area contributed by atoms with Gasteiger partial charge in [-0.1, -0.05) is 23.7 Å². The molecule has 0 aliphatic carbocycles. The van der Waals surface area contributed by atoms with Crippen molar-refractivity contribution in [3.05, 3.63) is 84.7 Å². The van der Waals surface area contributed by atoms with Crippen molar-refractivity contribution in [2.75, 3.05) is 6.61 Å². The van der Waals surface area contributed by atoms with E-state index in [1.54, 1.807) is 18.5 Å². The first-order valence-corrected chi connectivity index (χ1v) is 11.7. The quantitative estimate of drug-likeness (QED) is 0.389. The summed E-state index contributed by atoms with van der Waals surface area (Å²) in [5, 5.41) is 0.634. The summed E-state index contributed by atoms with van der Waals surface area (Å²) in [6.45, 7) is 7.93. The number of halogens is 2. The largest absolute Gasteiger partial charge is 0.461 e. The second-order valence-electron chi connectivity index (χ2n) is 8.05. The molecule has 0 bridgehead atoms. The molecule has 170 valence electrons. The highest BCUT2D eigenvalue weighted by atomic mass is 79.9. The van der Waals surface area contributed by atoms with Gasteiger partial charge in [-0.2, -0.15) is 0 Å². The molecule has 2 heterocycles. The second-order valence-corrected chi connectivity index (χ2v) is 9.20. The summed E-state index contributed by atoms with van der Waals surface area (Å²) in [6.07, 6.45) is 2.40. The number of hydrogen-bond donors (Lipinski definition) is 0. The lowest BCUT2D eigenvalue weighted by Gasteiger charge is -2.23. The normalized spacial score (nSPS) is 12.2. The number of nitrogens with zero attached hydrogens (tertiary/aromatic N) is 3. The zero-order chi connectivity index (χ0) is 23.6. The van der Waals surface area contributed by atoms with E-state index in [0.29, 0.717) is 21.7 Å². The van der Waals surface area contributed by atoms with Gasteiger partial charge in [-0.25, -0.2) is 9.78 Å². The highest BCUT2D eigenvalue weighted by molar-refractivity contribution is 9.10. The van der Waals surface area contributed by atoms with Gasteiger partial charge < -0.3 is 13.9 Å². The third-order valence-electron chi connectivity index (χ3n) is 5.35. The summed E-state index contributed by atoms with van der Waals surface area (Å²) < 4.78 is 9.50. The first kappa shape index (κ1) is 24.3. The Bertz CT molecular complexity index is 1160. The number of benzene rings is 1. The number of hydrogen-bond acceptors (Lipinski definition) is 4. The molecule has 1 unspecified atom stereocenters. The van der Waals surface area contributed by atoms with E-state index in [9.17, 15) is 9.59 Å². The minimum absolute atomic E-state index is 0.0287. The monoisotopic (exact) mass is 519 g/mol. The lowest BCUT2D eigenvalue weighted by Crippen LogP contribution is -2.21. The van der Waals surface area contributed by atoms with Crippen molar-refractivity contribution in [1.82, 2.24) is 14.1 Å². The summed E-state index contributed by atoms with van der Waals surface area (Å²) in [6, 6.07) is 9.55. The van der Waals surface area contributed by atoms with Gasteiger partial charge in [-0.05, 0) is 79.4 Å². The number of ether oxygens (including phenoxy) is 1. The van der Waals surface area contributed by atoms with Crippen LogP contribution in [0.5, 0.6) is 0 Å². The molecule has 0 radical (unpaired) electrons. The molecule has 3 rings (SSSR count). The molecule has 0 aliphatic rings. The van der Waals surface area contributed by atoms with Crippen LogP contribution in [0.2, 0.25) is 5.02 Å². The first-order chi connectivity index (χ1) is 15.1. The van der Waals surface area contributed by atoms with Crippen LogP contribution in [0.25, 0.3) is 0 Å². The fourth-order valence-electron chi connectivity index (χ4n) is 3.97. The van der Waals surface area contributed by atoms with Gasteiger partial charge in [0, 0.05) is 35.8 Å². The van der Waals surface area contributed by atoms with E-state index < -0.39 is 5.97 Å². The number of esters is 1. The van der Waals surface area contributed by atoms with Gasteiger partial charge in [0.25, 0.3) is 5.56 Å². The number of aromatic nitrogens is 3. The number of rotatable bonds is 7. The minimum Gasteiger partial charge on any atom is -0.461 e. The van der Waals surface area contributed by atoms with E-state index in [1.807, 2.05) is 61.9 Å². The molecule has 0 aliphatic heterocycles. The standard InChI is InChI=1S/C24H27BrClN3O3/c1-6-32-23(31)20-21(29(14(2)3)24(25)27-20)19(17-7-9-18(26)10-8-17)12-16-11-15(4)22(30)28(5)13-16/h7-11,13-14,19H,6,12H2,1-5H3. The second kappa shape index (κ2) is 10.0. The van der Waals surface area contributed by atoms with Crippen molar-refractivity contribution < 1.29 is 9.53 Å². The van der Waals surface area contributed by atoms with Crippen LogP contribution in [0.4, 0.5) is 0 Å². The van der Waals surface area contributed by atoms with E-state index in [1.165, 1.54) is 0 Å². The lowest BCUT2D eigenvalue weighted by atomic mass is 9.88. The molecule has 0 N–H and O–H groups in total. The lowest BCUT2D eigenvalue weighted by molar-refractivity contribution is 0.0518. The summed E-state index contributed by atoms with van der Waals surface area (Å²) in [5.74, 6) is -0.678. The van der Waals surface area contributed by atoms with Crippen LogP contribution in [-0.4, -0.2) is 26.7 Å². The molecule has 6 nitrogen and oxygen atoms in total. The third-order valence-corrected chi connectivity index (χ3v) is 6.16. The zero-order valence-electron chi connectivity index (χ0n) is 18.9. The molecule has 0 amide bonds. The Balaban J connectivity index is 2.25. The summed E-state index contributed by atoms with van der Waals surface area (Å²) in [7, 11) is 1.75. The number of carbonyl (C=O) groups is 1. The molecule has 1 aromatic carbocycles. The fourth-order valence-corrected chi connectivity index (χ4v) is 4.87. The van der Waals surface area contributed by atoms with Crippen molar-refractivity contribution in [2.45, 2.75) is 46.1 Å². The SMILES string of the molecule is CCOC(=O)c1nc(Br)n(C(C)C)c1C(Cc1cc(C)c(=O)n(C)c1)c1ccc(Cl)cc1. The highest BCUT2D eigenvalue weighted by Gasteiger charge is 2.31. The molecule has 1 atom stereocenters. The van der Waals surface area contributed by atoms with Crippen molar-refractivity contribution in [3.8, 4) is 0 Å². The van der Waals surface area contributed by atoms with E-state index in [2.05, 4.69) is 20.9 Å². The number of pyridine rings is 1. The average Bonchev–Trinajstić information content (AvgIpc) is 3.08. The van der Waals surface area contributed by atoms with Gasteiger partial charge in [0.1, 0.15) is 0 Å². The number of aryl methyl sites for hydroxylation is 2. The van der Waals surface area contributed by atoms with Crippen molar-refractivity contribution in [2.24, 2.45) is 7.05 Å². The Kier molecular flexibility index (Phi) is 7.62. The van der Waals surface area contributed by atoms with Crippen LogP contribution >= 0.6 is 27.5 Å². The molecule has 0 saturated carbocycles. The van der Waals surface area contributed by atoms with E-state index in [-0.39, 0.29) is 29.8 Å². The molecule has 2 aromatic heterocycles. The van der Waals surface area contributed by atoms with E-state index >= 15 is 0 Å². The molecular formula is C24H27BrClN3O3. The molecule has 32 heavy (non-hydrogen) atoms. The molecular weight excluding hydrogens is 494 g/mol. The predicted molar refractivity (Wildman–Crippen MR) is 130 cm³/mol. The Morgan fingerprint density at radius 2 is 1.91 bits per heavy atom. The fraction of sp³-hybridized carbons (Fsp3) is 0.375. The Labute approximate surface area is 201 Å². The number of carbonyl (C=O) groups excluding carboxylic acids is 1. The summed E-state index contributed by atoms with van der Waals surface area (Å²) in [5.41, 5.74) is 3.66. The van der Waals surface area contributed by atoms with Crippen LogP contribution in [0.15, 0.2) is 46.1 Å². The summed E-state index contributed by atoms with van der Waals surface area (Å²) >= 11 is 9.69. The van der Waals surface area contributed by atoms with Crippen LogP contribution in [0.1, 0.15) is 65.6 Å². The Hall–Kier alpha value is -2.38. The summed E-state index contributed by atoms with van der Waals surface area (Å²) in [4.78, 5) is 29.6.